The molecule has 1 aliphatic rings. The summed E-state index contributed by atoms with van der Waals surface area (Å²) in [6.45, 7) is 1.76. The van der Waals surface area contributed by atoms with Gasteiger partial charge in [0.25, 0.3) is 5.91 Å². The highest BCUT2D eigenvalue weighted by Gasteiger charge is 2.25. The quantitative estimate of drug-likeness (QED) is 0.757. The van der Waals surface area contributed by atoms with E-state index in [1.807, 2.05) is 4.90 Å². The Kier molecular flexibility index (Phi) is 6.49. The van der Waals surface area contributed by atoms with Gasteiger partial charge < -0.3 is 10.2 Å². The van der Waals surface area contributed by atoms with Gasteiger partial charge in [-0.25, -0.2) is 8.78 Å². The number of benzene rings is 2. The van der Waals surface area contributed by atoms with Gasteiger partial charge in [0.2, 0.25) is 5.91 Å². The molecule has 0 spiro atoms. The van der Waals surface area contributed by atoms with Crippen molar-refractivity contribution in [2.45, 2.75) is 0 Å². The molecule has 2 aromatic rings. The van der Waals surface area contributed by atoms with E-state index in [2.05, 4.69) is 5.32 Å². The van der Waals surface area contributed by atoms with Crippen LogP contribution in [0.2, 0.25) is 10.0 Å². The molecule has 1 fully saturated rings. The smallest absolute Gasteiger partial charge is 0.255 e. The van der Waals surface area contributed by atoms with E-state index in [0.717, 1.165) is 12.1 Å². The van der Waals surface area contributed by atoms with Gasteiger partial charge in [-0.15, -0.1) is 0 Å². The second-order valence-corrected chi connectivity index (χ2v) is 7.16. The minimum atomic E-state index is -1.12. The van der Waals surface area contributed by atoms with Crippen LogP contribution in [0.4, 0.5) is 14.5 Å². The summed E-state index contributed by atoms with van der Waals surface area (Å²) < 4.78 is 26.6. The van der Waals surface area contributed by atoms with E-state index < -0.39 is 17.5 Å². The lowest BCUT2D eigenvalue weighted by Gasteiger charge is -2.34. The van der Waals surface area contributed by atoms with Crippen LogP contribution in [0.25, 0.3) is 0 Å². The maximum Gasteiger partial charge on any atom is 0.255 e. The van der Waals surface area contributed by atoms with Crippen LogP contribution in [0, 0.1) is 11.6 Å². The average Bonchev–Trinajstić information content (AvgIpc) is 2.66. The van der Waals surface area contributed by atoms with E-state index >= 15 is 0 Å². The van der Waals surface area contributed by atoms with E-state index in [1.54, 1.807) is 24.3 Å². The maximum atomic E-state index is 13.4. The van der Waals surface area contributed by atoms with E-state index in [1.165, 1.54) is 4.90 Å². The Hall–Kier alpha value is -2.22. The first kappa shape index (κ1) is 20.5. The van der Waals surface area contributed by atoms with Crippen molar-refractivity contribution < 1.29 is 18.4 Å². The molecular weight excluding hydrogens is 411 g/mol. The number of carbonyl (C=O) groups is 2. The molecule has 0 unspecified atom stereocenters. The van der Waals surface area contributed by atoms with E-state index in [0.29, 0.717) is 36.9 Å². The van der Waals surface area contributed by atoms with Crippen LogP contribution < -0.4 is 5.32 Å². The third-order valence-corrected chi connectivity index (χ3v) is 5.06. The second-order valence-electron chi connectivity index (χ2n) is 6.34. The number of carbonyl (C=O) groups excluding carboxylic acids is 2. The van der Waals surface area contributed by atoms with Gasteiger partial charge in [-0.1, -0.05) is 35.3 Å². The first-order chi connectivity index (χ1) is 13.3. The van der Waals surface area contributed by atoms with E-state index in [4.69, 9.17) is 23.2 Å². The van der Waals surface area contributed by atoms with Crippen LogP contribution in [0.1, 0.15) is 10.4 Å². The fraction of sp³-hybridized carbons (Fsp3) is 0.263. The minimum Gasteiger partial charge on any atom is -0.336 e. The molecule has 9 heteroatoms. The Bertz CT molecular complexity index is 903. The number of amides is 2. The summed E-state index contributed by atoms with van der Waals surface area (Å²) in [6, 6.07) is 8.54. The van der Waals surface area contributed by atoms with Gasteiger partial charge in [0, 0.05) is 26.2 Å². The third kappa shape index (κ3) is 4.79. The molecule has 0 radical (unpaired) electrons. The van der Waals surface area contributed by atoms with Gasteiger partial charge in [0.05, 0.1) is 27.8 Å². The summed E-state index contributed by atoms with van der Waals surface area (Å²) in [5, 5.41) is 3.07. The van der Waals surface area contributed by atoms with Crippen LogP contribution in [0.3, 0.4) is 0 Å². The largest absolute Gasteiger partial charge is 0.336 e. The molecule has 3 rings (SSSR count). The van der Waals surface area contributed by atoms with Crippen LogP contribution in [0.15, 0.2) is 36.4 Å². The predicted molar refractivity (Wildman–Crippen MR) is 104 cm³/mol. The van der Waals surface area contributed by atoms with Crippen molar-refractivity contribution in [1.82, 2.24) is 9.80 Å². The molecule has 0 saturated carbocycles. The third-order valence-electron chi connectivity index (χ3n) is 4.42. The lowest BCUT2D eigenvalue weighted by Crippen LogP contribution is -2.50. The zero-order chi connectivity index (χ0) is 20.3. The van der Waals surface area contributed by atoms with Gasteiger partial charge >= 0.3 is 0 Å². The molecule has 28 heavy (non-hydrogen) atoms. The lowest BCUT2D eigenvalue weighted by molar-refractivity contribution is -0.117. The molecule has 2 amide bonds. The standard InChI is InChI=1S/C19H17Cl2F2N3O2/c20-13-3-1-2-4-17(13)24-18(27)11-25-5-7-26(8-6-25)19(28)12-9-15(22)16(23)10-14(12)21/h1-4,9-10H,5-8,11H2,(H,24,27). The van der Waals surface area contributed by atoms with Gasteiger partial charge in [-0.05, 0) is 24.3 Å². The molecular formula is C19H17Cl2F2N3O2. The summed E-state index contributed by atoms with van der Waals surface area (Å²) in [5.41, 5.74) is 0.460. The molecule has 0 aliphatic carbocycles. The summed E-state index contributed by atoms with van der Waals surface area (Å²) >= 11 is 11.9. The first-order valence-corrected chi connectivity index (χ1v) is 9.31. The Balaban J connectivity index is 1.54. The van der Waals surface area contributed by atoms with Gasteiger partial charge in [-0.3, -0.25) is 14.5 Å². The highest BCUT2D eigenvalue weighted by Crippen LogP contribution is 2.23. The fourth-order valence-corrected chi connectivity index (χ4v) is 3.34. The zero-order valence-electron chi connectivity index (χ0n) is 14.7. The Morgan fingerprint density at radius 1 is 0.964 bits per heavy atom. The summed E-state index contributed by atoms with van der Waals surface area (Å²) in [6.07, 6.45) is 0. The Morgan fingerprint density at radius 3 is 2.29 bits per heavy atom. The van der Waals surface area contributed by atoms with Crippen molar-refractivity contribution in [3.05, 3.63) is 63.6 Å². The van der Waals surface area contributed by atoms with Crippen molar-refractivity contribution in [2.75, 3.05) is 38.0 Å². The predicted octanol–water partition coefficient (Wildman–Crippen LogP) is 3.67. The summed E-state index contributed by atoms with van der Waals surface area (Å²) in [4.78, 5) is 28.1. The number of piperazine rings is 1. The number of para-hydroxylation sites is 1. The number of hydrogen-bond donors (Lipinski definition) is 1. The van der Waals surface area contributed by atoms with Crippen molar-refractivity contribution in [3.8, 4) is 0 Å². The van der Waals surface area contributed by atoms with Crippen molar-refractivity contribution in [1.29, 1.82) is 0 Å². The average molecular weight is 428 g/mol. The maximum absolute atomic E-state index is 13.4. The van der Waals surface area contributed by atoms with Crippen LogP contribution in [-0.4, -0.2) is 54.3 Å². The van der Waals surface area contributed by atoms with Gasteiger partial charge in [0.15, 0.2) is 11.6 Å². The number of hydrogen-bond acceptors (Lipinski definition) is 3. The summed E-state index contributed by atoms with van der Waals surface area (Å²) in [7, 11) is 0. The Morgan fingerprint density at radius 2 is 1.61 bits per heavy atom. The normalized spacial score (nSPS) is 14.8. The number of anilines is 1. The highest BCUT2D eigenvalue weighted by molar-refractivity contribution is 6.34. The van der Waals surface area contributed by atoms with Crippen LogP contribution >= 0.6 is 23.2 Å². The van der Waals surface area contributed by atoms with Gasteiger partial charge in [-0.2, -0.15) is 0 Å². The van der Waals surface area contributed by atoms with E-state index in [-0.39, 0.29) is 23.0 Å². The molecule has 1 N–H and O–H groups in total. The molecule has 0 atom stereocenters. The van der Waals surface area contributed by atoms with Crippen molar-refractivity contribution >= 4 is 40.7 Å². The Labute approximate surface area is 170 Å². The lowest BCUT2D eigenvalue weighted by atomic mass is 10.1. The monoisotopic (exact) mass is 427 g/mol. The SMILES string of the molecule is O=C(CN1CCN(C(=O)c2cc(F)c(F)cc2Cl)CC1)Nc1ccccc1Cl. The van der Waals surface area contributed by atoms with Crippen LogP contribution in [-0.2, 0) is 4.79 Å². The van der Waals surface area contributed by atoms with Crippen molar-refractivity contribution in [3.63, 3.8) is 0 Å². The van der Waals surface area contributed by atoms with E-state index in [9.17, 15) is 18.4 Å². The highest BCUT2D eigenvalue weighted by atomic mass is 35.5. The molecule has 0 aromatic heterocycles. The first-order valence-electron chi connectivity index (χ1n) is 8.55. The fourth-order valence-electron chi connectivity index (χ4n) is 2.92. The number of halogens is 4. The number of rotatable bonds is 4. The van der Waals surface area contributed by atoms with Gasteiger partial charge in [0.1, 0.15) is 0 Å². The topological polar surface area (TPSA) is 52.7 Å². The molecule has 2 aromatic carbocycles. The van der Waals surface area contributed by atoms with Crippen LogP contribution in [0.5, 0.6) is 0 Å². The molecule has 148 valence electrons. The number of nitrogens with zero attached hydrogens (tertiary/aromatic N) is 2. The molecule has 1 aliphatic heterocycles. The molecule has 1 heterocycles. The number of nitrogens with one attached hydrogen (secondary N) is 1. The zero-order valence-corrected chi connectivity index (χ0v) is 16.2. The second kappa shape index (κ2) is 8.86. The summed E-state index contributed by atoms with van der Waals surface area (Å²) in [5.74, 6) is -2.90. The molecule has 5 nitrogen and oxygen atoms in total. The van der Waals surface area contributed by atoms with Crippen molar-refractivity contribution in [2.24, 2.45) is 0 Å². The molecule has 1 saturated heterocycles. The molecule has 0 bridgehead atoms. The minimum absolute atomic E-state index is 0.0783.